The SMILES string of the molecule is C[C@@H](N)COCc1ccccc1F. The van der Waals surface area contributed by atoms with Crippen LogP contribution < -0.4 is 5.73 Å². The maximum Gasteiger partial charge on any atom is 0.128 e. The molecule has 0 saturated heterocycles. The molecule has 0 fully saturated rings. The largest absolute Gasteiger partial charge is 0.375 e. The monoisotopic (exact) mass is 183 g/mol. The Labute approximate surface area is 77.5 Å². The van der Waals surface area contributed by atoms with Crippen LogP contribution in [0.1, 0.15) is 12.5 Å². The molecule has 3 heteroatoms. The normalized spacial score (nSPS) is 12.8. The Hall–Kier alpha value is -0.930. The highest BCUT2D eigenvalue weighted by Crippen LogP contribution is 2.07. The lowest BCUT2D eigenvalue weighted by Gasteiger charge is -2.07. The summed E-state index contributed by atoms with van der Waals surface area (Å²) in [6.07, 6.45) is 0. The first-order chi connectivity index (χ1) is 6.20. The van der Waals surface area contributed by atoms with Crippen molar-refractivity contribution in [3.05, 3.63) is 35.6 Å². The summed E-state index contributed by atoms with van der Waals surface area (Å²) in [5.74, 6) is -0.229. The van der Waals surface area contributed by atoms with Gasteiger partial charge in [0.05, 0.1) is 13.2 Å². The lowest BCUT2D eigenvalue weighted by atomic mass is 10.2. The van der Waals surface area contributed by atoms with Crippen LogP contribution in [0.4, 0.5) is 4.39 Å². The molecule has 13 heavy (non-hydrogen) atoms. The van der Waals surface area contributed by atoms with Gasteiger partial charge in [0.25, 0.3) is 0 Å². The van der Waals surface area contributed by atoms with Gasteiger partial charge in [0.2, 0.25) is 0 Å². The molecular weight excluding hydrogens is 169 g/mol. The topological polar surface area (TPSA) is 35.2 Å². The van der Waals surface area contributed by atoms with E-state index >= 15 is 0 Å². The van der Waals surface area contributed by atoms with E-state index in [1.54, 1.807) is 18.2 Å². The lowest BCUT2D eigenvalue weighted by Crippen LogP contribution is -2.21. The fourth-order valence-corrected chi connectivity index (χ4v) is 0.970. The van der Waals surface area contributed by atoms with E-state index in [1.807, 2.05) is 6.92 Å². The molecule has 1 aromatic rings. The zero-order valence-corrected chi connectivity index (χ0v) is 7.66. The van der Waals surface area contributed by atoms with Crippen LogP contribution in [0.15, 0.2) is 24.3 Å². The summed E-state index contributed by atoms with van der Waals surface area (Å²) in [5, 5.41) is 0. The molecule has 0 heterocycles. The van der Waals surface area contributed by atoms with E-state index in [9.17, 15) is 4.39 Å². The van der Waals surface area contributed by atoms with Crippen molar-refractivity contribution in [2.45, 2.75) is 19.6 Å². The molecule has 0 unspecified atom stereocenters. The minimum Gasteiger partial charge on any atom is -0.375 e. The predicted octanol–water partition coefficient (Wildman–Crippen LogP) is 1.69. The smallest absolute Gasteiger partial charge is 0.128 e. The molecule has 0 aliphatic rings. The van der Waals surface area contributed by atoms with Crippen molar-refractivity contribution >= 4 is 0 Å². The Balaban J connectivity index is 2.41. The molecule has 0 saturated carbocycles. The molecule has 1 atom stereocenters. The fourth-order valence-electron chi connectivity index (χ4n) is 0.970. The molecule has 2 N–H and O–H groups in total. The number of ether oxygens (including phenoxy) is 1. The maximum atomic E-state index is 13.0. The lowest BCUT2D eigenvalue weighted by molar-refractivity contribution is 0.109. The Morgan fingerprint density at radius 2 is 2.15 bits per heavy atom. The summed E-state index contributed by atoms with van der Waals surface area (Å²) >= 11 is 0. The highest BCUT2D eigenvalue weighted by atomic mass is 19.1. The van der Waals surface area contributed by atoms with E-state index in [2.05, 4.69) is 0 Å². The standard InChI is InChI=1S/C10H14FNO/c1-8(12)6-13-7-9-4-2-3-5-10(9)11/h2-5,8H,6-7,12H2,1H3/t8-/m1/s1. The summed E-state index contributed by atoms with van der Waals surface area (Å²) < 4.78 is 18.2. The van der Waals surface area contributed by atoms with Crippen LogP contribution in [0.25, 0.3) is 0 Å². The van der Waals surface area contributed by atoms with E-state index in [0.29, 0.717) is 12.2 Å². The third kappa shape index (κ3) is 3.53. The average Bonchev–Trinajstić information content (AvgIpc) is 2.08. The van der Waals surface area contributed by atoms with Crippen LogP contribution in [0.3, 0.4) is 0 Å². The third-order valence-electron chi connectivity index (χ3n) is 1.60. The molecular formula is C10H14FNO. The van der Waals surface area contributed by atoms with E-state index in [-0.39, 0.29) is 18.5 Å². The molecule has 0 amide bonds. The van der Waals surface area contributed by atoms with Crippen molar-refractivity contribution in [3.63, 3.8) is 0 Å². The molecule has 0 bridgehead atoms. The number of hydrogen-bond acceptors (Lipinski definition) is 2. The van der Waals surface area contributed by atoms with Crippen molar-refractivity contribution in [2.24, 2.45) is 5.73 Å². The Morgan fingerprint density at radius 1 is 1.46 bits per heavy atom. The van der Waals surface area contributed by atoms with E-state index in [1.165, 1.54) is 6.07 Å². The van der Waals surface area contributed by atoms with Crippen molar-refractivity contribution < 1.29 is 9.13 Å². The average molecular weight is 183 g/mol. The second-order valence-corrected chi connectivity index (χ2v) is 3.08. The second-order valence-electron chi connectivity index (χ2n) is 3.08. The van der Waals surface area contributed by atoms with Gasteiger partial charge in [0.1, 0.15) is 5.82 Å². The molecule has 0 spiro atoms. The van der Waals surface area contributed by atoms with Crippen LogP contribution in [-0.2, 0) is 11.3 Å². The summed E-state index contributed by atoms with van der Waals surface area (Å²) in [7, 11) is 0. The molecule has 72 valence electrons. The van der Waals surface area contributed by atoms with Crippen molar-refractivity contribution in [1.82, 2.24) is 0 Å². The van der Waals surface area contributed by atoms with E-state index in [0.717, 1.165) is 0 Å². The van der Waals surface area contributed by atoms with Gasteiger partial charge >= 0.3 is 0 Å². The summed E-state index contributed by atoms with van der Waals surface area (Å²) in [6.45, 7) is 2.59. The van der Waals surface area contributed by atoms with Gasteiger partial charge in [-0.25, -0.2) is 4.39 Å². The second kappa shape index (κ2) is 4.94. The highest BCUT2D eigenvalue weighted by Gasteiger charge is 2.00. The predicted molar refractivity (Wildman–Crippen MR) is 49.7 cm³/mol. The summed E-state index contributed by atoms with van der Waals surface area (Å²) in [5.41, 5.74) is 6.05. The molecule has 0 radical (unpaired) electrons. The van der Waals surface area contributed by atoms with Gasteiger partial charge in [0.15, 0.2) is 0 Å². The molecule has 1 rings (SSSR count). The van der Waals surface area contributed by atoms with Gasteiger partial charge in [-0.15, -0.1) is 0 Å². The first-order valence-corrected chi connectivity index (χ1v) is 4.27. The van der Waals surface area contributed by atoms with Crippen LogP contribution in [0.5, 0.6) is 0 Å². The molecule has 0 aromatic heterocycles. The summed E-state index contributed by atoms with van der Waals surface area (Å²) in [6, 6.07) is 6.56. The molecule has 0 aliphatic heterocycles. The zero-order chi connectivity index (χ0) is 9.68. The van der Waals surface area contributed by atoms with E-state index in [4.69, 9.17) is 10.5 Å². The molecule has 0 aliphatic carbocycles. The van der Waals surface area contributed by atoms with Gasteiger partial charge in [-0.2, -0.15) is 0 Å². The van der Waals surface area contributed by atoms with Crippen molar-refractivity contribution in [3.8, 4) is 0 Å². The third-order valence-corrected chi connectivity index (χ3v) is 1.60. The number of benzene rings is 1. The fraction of sp³-hybridized carbons (Fsp3) is 0.400. The quantitative estimate of drug-likeness (QED) is 0.771. The van der Waals surface area contributed by atoms with E-state index < -0.39 is 0 Å². The maximum absolute atomic E-state index is 13.0. The minimum absolute atomic E-state index is 0.00762. The molecule has 2 nitrogen and oxygen atoms in total. The van der Waals surface area contributed by atoms with Crippen LogP contribution >= 0.6 is 0 Å². The number of nitrogens with two attached hydrogens (primary N) is 1. The van der Waals surface area contributed by atoms with Gasteiger partial charge in [0, 0.05) is 11.6 Å². The minimum atomic E-state index is -0.229. The first-order valence-electron chi connectivity index (χ1n) is 4.27. The Bertz CT molecular complexity index is 263. The Kier molecular flexibility index (Phi) is 3.86. The number of rotatable bonds is 4. The van der Waals surface area contributed by atoms with Crippen LogP contribution in [0.2, 0.25) is 0 Å². The van der Waals surface area contributed by atoms with Crippen LogP contribution in [-0.4, -0.2) is 12.6 Å². The number of halogens is 1. The molecule has 1 aromatic carbocycles. The van der Waals surface area contributed by atoms with Crippen LogP contribution in [0, 0.1) is 5.82 Å². The van der Waals surface area contributed by atoms with Crippen molar-refractivity contribution in [2.75, 3.05) is 6.61 Å². The summed E-state index contributed by atoms with van der Waals surface area (Å²) in [4.78, 5) is 0. The van der Waals surface area contributed by atoms with Gasteiger partial charge < -0.3 is 10.5 Å². The highest BCUT2D eigenvalue weighted by molar-refractivity contribution is 5.16. The van der Waals surface area contributed by atoms with Gasteiger partial charge in [-0.3, -0.25) is 0 Å². The van der Waals surface area contributed by atoms with Gasteiger partial charge in [-0.1, -0.05) is 18.2 Å². The van der Waals surface area contributed by atoms with Crippen molar-refractivity contribution in [1.29, 1.82) is 0 Å². The number of hydrogen-bond donors (Lipinski definition) is 1. The van der Waals surface area contributed by atoms with Gasteiger partial charge in [-0.05, 0) is 13.0 Å². The Morgan fingerprint density at radius 3 is 2.77 bits per heavy atom. The zero-order valence-electron chi connectivity index (χ0n) is 7.66. The first kappa shape index (κ1) is 10.2.